The summed E-state index contributed by atoms with van der Waals surface area (Å²) in [5, 5.41) is 12.6. The molecule has 4 rings (SSSR count). The Morgan fingerprint density at radius 3 is 2.65 bits per heavy atom. The van der Waals surface area contributed by atoms with E-state index in [1.807, 2.05) is 24.3 Å². The smallest absolute Gasteiger partial charge is 0.325 e. The van der Waals surface area contributed by atoms with Crippen molar-refractivity contribution in [3.8, 4) is 17.1 Å². The van der Waals surface area contributed by atoms with Crippen molar-refractivity contribution in [3.63, 3.8) is 0 Å². The summed E-state index contributed by atoms with van der Waals surface area (Å²) in [6.07, 6.45) is 4.31. The van der Waals surface area contributed by atoms with Crippen LogP contribution >= 0.6 is 0 Å². The van der Waals surface area contributed by atoms with E-state index >= 15 is 0 Å². The summed E-state index contributed by atoms with van der Waals surface area (Å²) in [5.41, 5.74) is 0.0635. The topological polar surface area (TPSA) is 129 Å². The van der Waals surface area contributed by atoms with Gasteiger partial charge in [0.05, 0.1) is 13.7 Å². The monoisotopic (exact) mass is 426 g/mol. The van der Waals surface area contributed by atoms with E-state index in [-0.39, 0.29) is 31.3 Å². The maximum Gasteiger partial charge on any atom is 0.325 e. The third-order valence-electron chi connectivity index (χ3n) is 5.85. The minimum atomic E-state index is -0.760. The van der Waals surface area contributed by atoms with E-state index in [2.05, 4.69) is 25.8 Å². The molecule has 10 heteroatoms. The Balaban J connectivity index is 1.26. The lowest BCUT2D eigenvalue weighted by molar-refractivity contribution is -0.132. The molecule has 2 aliphatic rings. The van der Waals surface area contributed by atoms with Gasteiger partial charge in [0.15, 0.2) is 5.82 Å². The van der Waals surface area contributed by atoms with Crippen molar-refractivity contribution < 1.29 is 19.1 Å². The number of aromatic amines is 1. The number of amides is 4. The number of hydrogen-bond acceptors (Lipinski definition) is 6. The number of carbonyl (C=O) groups is 3. The lowest BCUT2D eigenvalue weighted by atomic mass is 9.82. The average Bonchev–Trinajstić information content (AvgIpc) is 3.35. The highest BCUT2D eigenvalue weighted by Gasteiger charge is 2.51. The van der Waals surface area contributed by atoms with Gasteiger partial charge in [0, 0.05) is 18.5 Å². The molecule has 0 bridgehead atoms. The Morgan fingerprint density at radius 1 is 1.19 bits per heavy atom. The fourth-order valence-electron chi connectivity index (χ4n) is 4.10. The maximum absolute atomic E-state index is 12.7. The van der Waals surface area contributed by atoms with Gasteiger partial charge in [-0.2, -0.15) is 5.10 Å². The number of nitrogens with zero attached hydrogens (tertiary/aromatic N) is 3. The minimum absolute atomic E-state index is 0.0364. The van der Waals surface area contributed by atoms with E-state index in [1.54, 1.807) is 7.11 Å². The van der Waals surface area contributed by atoms with Crippen LogP contribution in [0, 0.1) is 0 Å². The van der Waals surface area contributed by atoms with E-state index in [4.69, 9.17) is 4.74 Å². The highest BCUT2D eigenvalue weighted by atomic mass is 16.5. The molecule has 1 spiro atoms. The van der Waals surface area contributed by atoms with Crippen LogP contribution < -0.4 is 15.4 Å². The Hall–Kier alpha value is -3.43. The van der Waals surface area contributed by atoms with Gasteiger partial charge < -0.3 is 15.4 Å². The van der Waals surface area contributed by atoms with Gasteiger partial charge in [-0.25, -0.2) is 9.78 Å². The molecule has 4 amide bonds. The Labute approximate surface area is 179 Å². The highest BCUT2D eigenvalue weighted by molar-refractivity contribution is 6.07. The highest BCUT2D eigenvalue weighted by Crippen LogP contribution is 2.33. The Bertz CT molecular complexity index is 965. The number of imide groups is 1. The SMILES string of the molecule is COc1ccc(-c2n[nH]c(CNC(=O)CCN3C(=O)NC4(CCCCC4)C3=O)n2)cc1. The average molecular weight is 426 g/mol. The lowest BCUT2D eigenvalue weighted by Crippen LogP contribution is -2.48. The van der Waals surface area contributed by atoms with Crippen LogP contribution in [0.1, 0.15) is 44.3 Å². The number of nitrogens with one attached hydrogen (secondary N) is 3. The summed E-state index contributed by atoms with van der Waals surface area (Å²) in [6, 6.07) is 6.93. The molecule has 10 nitrogen and oxygen atoms in total. The van der Waals surface area contributed by atoms with E-state index in [0.29, 0.717) is 24.5 Å². The first-order chi connectivity index (χ1) is 15.0. The second-order valence-corrected chi connectivity index (χ2v) is 7.89. The van der Waals surface area contributed by atoms with Crippen LogP contribution in [0.15, 0.2) is 24.3 Å². The van der Waals surface area contributed by atoms with Gasteiger partial charge in [0.1, 0.15) is 17.1 Å². The molecule has 31 heavy (non-hydrogen) atoms. The number of methoxy groups -OCH3 is 1. The number of benzene rings is 1. The van der Waals surface area contributed by atoms with Crippen molar-refractivity contribution in [1.82, 2.24) is 30.7 Å². The fraction of sp³-hybridized carbons (Fsp3) is 0.476. The summed E-state index contributed by atoms with van der Waals surface area (Å²) in [7, 11) is 1.60. The Morgan fingerprint density at radius 2 is 1.94 bits per heavy atom. The van der Waals surface area contributed by atoms with Crippen LogP contribution in [0.2, 0.25) is 0 Å². The van der Waals surface area contributed by atoms with Crippen molar-refractivity contribution in [2.24, 2.45) is 0 Å². The van der Waals surface area contributed by atoms with Crippen LogP contribution in [-0.4, -0.2) is 57.1 Å². The minimum Gasteiger partial charge on any atom is -0.497 e. The van der Waals surface area contributed by atoms with Gasteiger partial charge in [0.25, 0.3) is 5.91 Å². The largest absolute Gasteiger partial charge is 0.497 e. The standard InChI is InChI=1S/C21H26N6O4/c1-31-15-7-5-14(6-8-15)18-23-16(25-26-18)13-22-17(28)9-12-27-19(29)21(24-20(27)30)10-3-2-4-11-21/h5-8H,2-4,9-13H2,1H3,(H,22,28)(H,24,30)(H,23,25,26). The van der Waals surface area contributed by atoms with Gasteiger partial charge in [0.2, 0.25) is 5.91 Å². The number of hydrogen-bond donors (Lipinski definition) is 3. The second kappa shape index (κ2) is 8.75. The predicted molar refractivity (Wildman–Crippen MR) is 111 cm³/mol. The van der Waals surface area contributed by atoms with Crippen LogP contribution in [0.25, 0.3) is 11.4 Å². The summed E-state index contributed by atoms with van der Waals surface area (Å²) in [4.78, 5) is 42.8. The fourth-order valence-corrected chi connectivity index (χ4v) is 4.10. The van der Waals surface area contributed by atoms with Crippen LogP contribution in [0.4, 0.5) is 4.79 Å². The normalized spacial score (nSPS) is 17.6. The first-order valence-electron chi connectivity index (χ1n) is 10.5. The molecule has 2 aromatic rings. The van der Waals surface area contributed by atoms with Crippen LogP contribution in [0.5, 0.6) is 5.75 Å². The van der Waals surface area contributed by atoms with E-state index in [1.165, 1.54) is 4.90 Å². The summed E-state index contributed by atoms with van der Waals surface area (Å²) in [6.45, 7) is 0.234. The van der Waals surface area contributed by atoms with Crippen molar-refractivity contribution in [2.45, 2.75) is 50.6 Å². The van der Waals surface area contributed by atoms with E-state index in [9.17, 15) is 14.4 Å². The molecule has 0 atom stereocenters. The number of ether oxygens (including phenoxy) is 1. The zero-order valence-electron chi connectivity index (χ0n) is 17.4. The maximum atomic E-state index is 12.7. The van der Waals surface area contributed by atoms with Crippen molar-refractivity contribution in [3.05, 3.63) is 30.1 Å². The molecule has 2 fully saturated rings. The van der Waals surface area contributed by atoms with Crippen LogP contribution in [-0.2, 0) is 16.1 Å². The molecular weight excluding hydrogens is 400 g/mol. The van der Waals surface area contributed by atoms with Crippen molar-refractivity contribution in [2.75, 3.05) is 13.7 Å². The summed E-state index contributed by atoms with van der Waals surface area (Å²) >= 11 is 0. The molecule has 1 saturated heterocycles. The van der Waals surface area contributed by atoms with Crippen molar-refractivity contribution >= 4 is 17.8 Å². The molecule has 1 aliphatic heterocycles. The van der Waals surface area contributed by atoms with Gasteiger partial charge >= 0.3 is 6.03 Å². The van der Waals surface area contributed by atoms with Crippen LogP contribution in [0.3, 0.4) is 0 Å². The van der Waals surface area contributed by atoms with Gasteiger partial charge in [-0.3, -0.25) is 19.6 Å². The third-order valence-corrected chi connectivity index (χ3v) is 5.85. The molecule has 3 N–H and O–H groups in total. The van der Waals surface area contributed by atoms with Gasteiger partial charge in [-0.05, 0) is 37.1 Å². The number of rotatable bonds is 7. The lowest BCUT2D eigenvalue weighted by Gasteiger charge is -2.30. The quantitative estimate of drug-likeness (QED) is 0.579. The molecule has 0 radical (unpaired) electrons. The predicted octanol–water partition coefficient (Wildman–Crippen LogP) is 1.74. The first kappa shape index (κ1) is 20.8. The Kier molecular flexibility index (Phi) is 5.88. The van der Waals surface area contributed by atoms with Gasteiger partial charge in [-0.1, -0.05) is 19.3 Å². The molecule has 1 aromatic heterocycles. The molecular formula is C21H26N6O4. The molecule has 0 unspecified atom stereocenters. The number of urea groups is 1. The molecule has 1 aromatic carbocycles. The second-order valence-electron chi connectivity index (χ2n) is 7.89. The first-order valence-corrected chi connectivity index (χ1v) is 10.5. The number of carbonyl (C=O) groups excluding carboxylic acids is 3. The van der Waals surface area contributed by atoms with E-state index < -0.39 is 11.6 Å². The van der Waals surface area contributed by atoms with Crippen molar-refractivity contribution in [1.29, 1.82) is 0 Å². The zero-order valence-corrected chi connectivity index (χ0v) is 17.4. The molecule has 1 saturated carbocycles. The number of H-pyrrole nitrogens is 1. The third kappa shape index (κ3) is 4.37. The van der Waals surface area contributed by atoms with E-state index in [0.717, 1.165) is 30.6 Å². The summed E-state index contributed by atoms with van der Waals surface area (Å²) in [5.74, 6) is 1.29. The zero-order chi connectivity index (χ0) is 21.8. The molecule has 164 valence electrons. The van der Waals surface area contributed by atoms with Gasteiger partial charge in [-0.15, -0.1) is 0 Å². The number of aromatic nitrogens is 3. The molecule has 1 aliphatic carbocycles. The summed E-state index contributed by atoms with van der Waals surface area (Å²) < 4.78 is 5.14. The molecule has 2 heterocycles.